The van der Waals surface area contributed by atoms with Crippen molar-refractivity contribution in [3.05, 3.63) is 54.1 Å². The van der Waals surface area contributed by atoms with Crippen molar-refractivity contribution in [3.8, 4) is 0 Å². The number of hydrogen-bond acceptors (Lipinski definition) is 2. The van der Waals surface area contributed by atoms with Crippen molar-refractivity contribution in [1.29, 1.82) is 0 Å². The molecule has 0 aromatic heterocycles. The van der Waals surface area contributed by atoms with Gasteiger partial charge in [-0.15, -0.1) is 0 Å². The molecule has 1 atom stereocenters. The molecule has 2 nitrogen and oxygen atoms in total. The van der Waals surface area contributed by atoms with Gasteiger partial charge >= 0.3 is 0 Å². The monoisotopic (exact) mass is 240 g/mol. The van der Waals surface area contributed by atoms with E-state index in [2.05, 4.69) is 58.8 Å². The van der Waals surface area contributed by atoms with Gasteiger partial charge in [0.15, 0.2) is 0 Å². The Bertz CT molecular complexity index is 439. The van der Waals surface area contributed by atoms with E-state index in [-0.39, 0.29) is 0 Å². The van der Waals surface area contributed by atoms with Crippen LogP contribution in [0.5, 0.6) is 0 Å². The first kappa shape index (κ1) is 11.5. The molecule has 0 bridgehead atoms. The first-order chi connectivity index (χ1) is 8.93. The quantitative estimate of drug-likeness (QED) is 0.855. The van der Waals surface area contributed by atoms with Crippen LogP contribution in [0, 0.1) is 0 Å². The standard InChI is InChI=1S/C16H20N2/c1-2-4-14(5-3-1)15-6-8-16(9-7-15)18-12-10-17-11-13-18/h1-4,6-9,14,17H,5,10-13H2. The maximum atomic E-state index is 3.39. The summed E-state index contributed by atoms with van der Waals surface area (Å²) >= 11 is 0. The normalized spacial score (nSPS) is 23.3. The summed E-state index contributed by atoms with van der Waals surface area (Å²) in [5, 5.41) is 3.39. The van der Waals surface area contributed by atoms with Gasteiger partial charge in [-0.1, -0.05) is 36.4 Å². The van der Waals surface area contributed by atoms with Crippen LogP contribution in [0.4, 0.5) is 5.69 Å². The van der Waals surface area contributed by atoms with E-state index in [1.54, 1.807) is 0 Å². The topological polar surface area (TPSA) is 15.3 Å². The summed E-state index contributed by atoms with van der Waals surface area (Å²) in [6.45, 7) is 4.42. The molecule has 1 aromatic rings. The first-order valence-corrected chi connectivity index (χ1v) is 6.82. The van der Waals surface area contributed by atoms with Gasteiger partial charge in [0.25, 0.3) is 0 Å². The first-order valence-electron chi connectivity index (χ1n) is 6.82. The van der Waals surface area contributed by atoms with Crippen LogP contribution in [0.25, 0.3) is 0 Å². The van der Waals surface area contributed by atoms with E-state index < -0.39 is 0 Å². The molecule has 0 spiro atoms. The number of nitrogens with zero attached hydrogens (tertiary/aromatic N) is 1. The van der Waals surface area contributed by atoms with Gasteiger partial charge in [0, 0.05) is 37.8 Å². The maximum Gasteiger partial charge on any atom is 0.0367 e. The number of rotatable bonds is 2. The molecule has 0 saturated carbocycles. The van der Waals surface area contributed by atoms with Crippen LogP contribution in [0.1, 0.15) is 17.9 Å². The van der Waals surface area contributed by atoms with Crippen LogP contribution in [-0.4, -0.2) is 26.2 Å². The van der Waals surface area contributed by atoms with Gasteiger partial charge in [-0.2, -0.15) is 0 Å². The van der Waals surface area contributed by atoms with Crippen LogP contribution < -0.4 is 10.2 Å². The van der Waals surface area contributed by atoms with Crippen LogP contribution in [0.3, 0.4) is 0 Å². The molecule has 1 saturated heterocycles. The van der Waals surface area contributed by atoms with Gasteiger partial charge in [0.2, 0.25) is 0 Å². The lowest BCUT2D eigenvalue weighted by molar-refractivity contribution is 0.589. The third-order valence-corrected chi connectivity index (χ3v) is 3.78. The molecule has 2 aliphatic rings. The molecular formula is C16H20N2. The number of anilines is 1. The lowest BCUT2D eigenvalue weighted by Gasteiger charge is -2.29. The van der Waals surface area contributed by atoms with Crippen molar-refractivity contribution >= 4 is 5.69 Å². The molecule has 1 unspecified atom stereocenters. The molecule has 0 amide bonds. The summed E-state index contributed by atoms with van der Waals surface area (Å²) < 4.78 is 0. The van der Waals surface area contributed by atoms with Crippen LogP contribution >= 0.6 is 0 Å². The highest BCUT2D eigenvalue weighted by Gasteiger charge is 2.12. The summed E-state index contributed by atoms with van der Waals surface area (Å²) in [7, 11) is 0. The number of hydrogen-bond donors (Lipinski definition) is 1. The largest absolute Gasteiger partial charge is 0.369 e. The third kappa shape index (κ3) is 2.49. The molecule has 1 aliphatic carbocycles. The predicted molar refractivity (Wildman–Crippen MR) is 77.2 cm³/mol. The van der Waals surface area contributed by atoms with Crippen LogP contribution in [-0.2, 0) is 0 Å². The zero-order chi connectivity index (χ0) is 12.2. The molecule has 1 fully saturated rings. The highest BCUT2D eigenvalue weighted by molar-refractivity contribution is 5.49. The Balaban J connectivity index is 1.72. The highest BCUT2D eigenvalue weighted by Crippen LogP contribution is 2.26. The number of allylic oxidation sites excluding steroid dienone is 4. The second kappa shape index (κ2) is 5.40. The molecule has 1 aromatic carbocycles. The molecule has 2 heteroatoms. The molecule has 94 valence electrons. The van der Waals surface area contributed by atoms with Gasteiger partial charge in [-0.05, 0) is 24.1 Å². The number of piperazine rings is 1. The zero-order valence-electron chi connectivity index (χ0n) is 10.7. The van der Waals surface area contributed by atoms with E-state index in [4.69, 9.17) is 0 Å². The lowest BCUT2D eigenvalue weighted by Crippen LogP contribution is -2.43. The Morgan fingerprint density at radius 2 is 1.78 bits per heavy atom. The number of benzene rings is 1. The third-order valence-electron chi connectivity index (χ3n) is 3.78. The van der Waals surface area contributed by atoms with Crippen molar-refractivity contribution < 1.29 is 0 Å². The molecule has 1 aliphatic heterocycles. The smallest absolute Gasteiger partial charge is 0.0367 e. The fourth-order valence-corrected chi connectivity index (χ4v) is 2.68. The van der Waals surface area contributed by atoms with Gasteiger partial charge in [0.05, 0.1) is 0 Å². The van der Waals surface area contributed by atoms with E-state index in [1.807, 2.05) is 0 Å². The minimum Gasteiger partial charge on any atom is -0.369 e. The Morgan fingerprint density at radius 1 is 1.00 bits per heavy atom. The summed E-state index contributed by atoms with van der Waals surface area (Å²) in [5.41, 5.74) is 2.78. The average molecular weight is 240 g/mol. The van der Waals surface area contributed by atoms with E-state index in [9.17, 15) is 0 Å². The molecule has 0 radical (unpaired) electrons. The van der Waals surface area contributed by atoms with E-state index in [0.717, 1.165) is 32.6 Å². The predicted octanol–water partition coefficient (Wildman–Crippen LogP) is 2.70. The Kier molecular flexibility index (Phi) is 3.47. The second-order valence-electron chi connectivity index (χ2n) is 4.98. The zero-order valence-corrected chi connectivity index (χ0v) is 10.7. The van der Waals surface area contributed by atoms with E-state index in [0.29, 0.717) is 5.92 Å². The van der Waals surface area contributed by atoms with Gasteiger partial charge in [0.1, 0.15) is 0 Å². The molecule has 1 heterocycles. The Morgan fingerprint density at radius 3 is 2.44 bits per heavy atom. The van der Waals surface area contributed by atoms with Crippen molar-refractivity contribution in [1.82, 2.24) is 5.32 Å². The minimum atomic E-state index is 0.562. The van der Waals surface area contributed by atoms with Gasteiger partial charge < -0.3 is 10.2 Å². The minimum absolute atomic E-state index is 0.562. The molecule has 18 heavy (non-hydrogen) atoms. The SMILES string of the molecule is C1=CCC(c2ccc(N3CCNCC3)cc2)C=C1. The van der Waals surface area contributed by atoms with Crippen LogP contribution in [0.2, 0.25) is 0 Å². The summed E-state index contributed by atoms with van der Waals surface area (Å²) in [6, 6.07) is 9.11. The second-order valence-corrected chi connectivity index (χ2v) is 4.98. The lowest BCUT2D eigenvalue weighted by atomic mass is 9.92. The molecule has 3 rings (SSSR count). The molecular weight excluding hydrogens is 220 g/mol. The molecule has 1 N–H and O–H groups in total. The van der Waals surface area contributed by atoms with Crippen molar-refractivity contribution in [2.24, 2.45) is 0 Å². The van der Waals surface area contributed by atoms with E-state index in [1.165, 1.54) is 11.3 Å². The maximum absolute atomic E-state index is 3.39. The highest BCUT2D eigenvalue weighted by atomic mass is 15.2. The van der Waals surface area contributed by atoms with Crippen LogP contribution in [0.15, 0.2) is 48.6 Å². The summed E-state index contributed by atoms with van der Waals surface area (Å²) in [6.07, 6.45) is 9.95. The van der Waals surface area contributed by atoms with Crippen molar-refractivity contribution in [3.63, 3.8) is 0 Å². The fourth-order valence-electron chi connectivity index (χ4n) is 2.68. The van der Waals surface area contributed by atoms with Gasteiger partial charge in [-0.25, -0.2) is 0 Å². The summed E-state index contributed by atoms with van der Waals surface area (Å²) in [4.78, 5) is 2.46. The van der Waals surface area contributed by atoms with Gasteiger partial charge in [-0.3, -0.25) is 0 Å². The fraction of sp³-hybridized carbons (Fsp3) is 0.375. The van der Waals surface area contributed by atoms with Crippen molar-refractivity contribution in [2.75, 3.05) is 31.1 Å². The Labute approximate surface area is 109 Å². The summed E-state index contributed by atoms with van der Waals surface area (Å²) in [5.74, 6) is 0.562. The van der Waals surface area contributed by atoms with Crippen molar-refractivity contribution in [2.45, 2.75) is 12.3 Å². The van der Waals surface area contributed by atoms with E-state index >= 15 is 0 Å². The average Bonchev–Trinajstić information content (AvgIpc) is 2.49. The Hall–Kier alpha value is -1.54. The number of nitrogens with one attached hydrogen (secondary N) is 1.